The van der Waals surface area contributed by atoms with Gasteiger partial charge in [-0.2, -0.15) is 8.75 Å². The monoisotopic (exact) mass is 428 g/mol. The van der Waals surface area contributed by atoms with Gasteiger partial charge in [-0.1, -0.05) is 26.0 Å². The van der Waals surface area contributed by atoms with Crippen LogP contribution >= 0.6 is 11.7 Å². The van der Waals surface area contributed by atoms with Crippen LogP contribution in [0.4, 0.5) is 5.69 Å². The number of aromatic nitrogens is 3. The van der Waals surface area contributed by atoms with Gasteiger partial charge in [0, 0.05) is 16.8 Å². The number of anilines is 1. The molecule has 0 atom stereocenters. The molecule has 2 heterocycles. The van der Waals surface area contributed by atoms with Gasteiger partial charge < -0.3 is 9.73 Å². The smallest absolute Gasteiger partial charge is 0.255 e. The molecule has 1 amide bonds. The normalized spacial score (nSPS) is 11.5. The van der Waals surface area contributed by atoms with E-state index >= 15 is 0 Å². The van der Waals surface area contributed by atoms with Crippen LogP contribution in [-0.4, -0.2) is 19.6 Å². The summed E-state index contributed by atoms with van der Waals surface area (Å²) in [7, 11) is 0. The summed E-state index contributed by atoms with van der Waals surface area (Å²) in [6, 6.07) is 17.2. The fourth-order valence-electron chi connectivity index (χ4n) is 3.43. The zero-order valence-corrected chi connectivity index (χ0v) is 18.2. The van der Waals surface area contributed by atoms with Crippen LogP contribution in [0, 0.1) is 6.92 Å². The number of hydrogen-bond donors (Lipinski definition) is 1. The largest absolute Gasteiger partial charge is 0.436 e. The lowest BCUT2D eigenvalue weighted by Gasteiger charge is -2.09. The predicted octanol–water partition coefficient (Wildman–Crippen LogP) is 6.18. The van der Waals surface area contributed by atoms with E-state index in [1.807, 2.05) is 31.2 Å². The number of rotatable bonds is 4. The molecule has 31 heavy (non-hydrogen) atoms. The molecule has 0 radical (unpaired) electrons. The molecule has 154 valence electrons. The number of nitrogens with one attached hydrogen (secondary N) is 1. The Morgan fingerprint density at radius 3 is 2.65 bits per heavy atom. The molecule has 7 heteroatoms. The van der Waals surface area contributed by atoms with Gasteiger partial charge in [0.05, 0.1) is 11.7 Å². The minimum Gasteiger partial charge on any atom is -0.436 e. The number of fused-ring (bicyclic) bond motifs is 2. The van der Waals surface area contributed by atoms with Crippen LogP contribution in [0.5, 0.6) is 0 Å². The number of amides is 1. The molecule has 5 rings (SSSR count). The van der Waals surface area contributed by atoms with Crippen LogP contribution < -0.4 is 5.32 Å². The molecule has 1 N–H and O–H groups in total. The maximum atomic E-state index is 12.8. The first-order chi connectivity index (χ1) is 15.0. The number of carbonyl (C=O) groups is 1. The van der Waals surface area contributed by atoms with Gasteiger partial charge in [-0.05, 0) is 66.4 Å². The zero-order chi connectivity index (χ0) is 21.5. The molecule has 3 aromatic carbocycles. The molecule has 0 bridgehead atoms. The number of benzene rings is 3. The second-order valence-corrected chi connectivity index (χ2v) is 8.38. The van der Waals surface area contributed by atoms with Crippen molar-refractivity contribution in [2.45, 2.75) is 26.7 Å². The van der Waals surface area contributed by atoms with Crippen molar-refractivity contribution in [3.05, 3.63) is 71.3 Å². The van der Waals surface area contributed by atoms with Crippen molar-refractivity contribution in [2.24, 2.45) is 0 Å². The van der Waals surface area contributed by atoms with Gasteiger partial charge in [0.2, 0.25) is 5.89 Å². The van der Waals surface area contributed by atoms with Crippen molar-refractivity contribution in [2.75, 3.05) is 5.32 Å². The standard InChI is InChI=1S/C24H20N4O2S/c1-13(2)15-7-9-22-21(10-15)26-24(30-22)17-5-4-14(3)19(12-17)25-23(29)16-6-8-18-20(11-16)28-31-27-18/h4-13H,1-3H3,(H,25,29). The number of hydrogen-bond acceptors (Lipinski definition) is 6. The molecule has 0 aliphatic heterocycles. The van der Waals surface area contributed by atoms with Crippen LogP contribution in [0.15, 0.2) is 59.0 Å². The molecule has 2 aromatic heterocycles. The molecule has 0 unspecified atom stereocenters. The van der Waals surface area contributed by atoms with E-state index in [1.54, 1.807) is 18.2 Å². The summed E-state index contributed by atoms with van der Waals surface area (Å²) >= 11 is 1.13. The third-order valence-corrected chi connectivity index (χ3v) is 5.88. The Morgan fingerprint density at radius 2 is 1.81 bits per heavy atom. The van der Waals surface area contributed by atoms with Gasteiger partial charge in [0.1, 0.15) is 16.6 Å². The molecule has 6 nitrogen and oxygen atoms in total. The topological polar surface area (TPSA) is 80.9 Å². The first-order valence-corrected chi connectivity index (χ1v) is 10.8. The molecular weight excluding hydrogens is 408 g/mol. The van der Waals surface area contributed by atoms with E-state index in [-0.39, 0.29) is 5.91 Å². The van der Waals surface area contributed by atoms with Crippen LogP contribution in [0.25, 0.3) is 33.6 Å². The van der Waals surface area contributed by atoms with Gasteiger partial charge in [0.25, 0.3) is 5.91 Å². The van der Waals surface area contributed by atoms with Crippen LogP contribution in [0.2, 0.25) is 0 Å². The summed E-state index contributed by atoms with van der Waals surface area (Å²) in [6.45, 7) is 6.26. The maximum Gasteiger partial charge on any atom is 0.255 e. The van der Waals surface area contributed by atoms with Crippen LogP contribution in [-0.2, 0) is 0 Å². The second-order valence-electron chi connectivity index (χ2n) is 7.85. The summed E-state index contributed by atoms with van der Waals surface area (Å²) in [5, 5.41) is 3.00. The Labute approximate surface area is 183 Å². The highest BCUT2D eigenvalue weighted by Crippen LogP contribution is 2.30. The van der Waals surface area contributed by atoms with E-state index in [4.69, 9.17) is 4.42 Å². The Morgan fingerprint density at radius 1 is 0.968 bits per heavy atom. The van der Waals surface area contributed by atoms with Crippen LogP contribution in [0.1, 0.15) is 41.3 Å². The summed E-state index contributed by atoms with van der Waals surface area (Å²) in [5.74, 6) is 0.751. The minimum atomic E-state index is -0.200. The van der Waals surface area contributed by atoms with Gasteiger partial charge in [0.15, 0.2) is 5.58 Å². The van der Waals surface area contributed by atoms with E-state index in [1.165, 1.54) is 5.56 Å². The van der Waals surface area contributed by atoms with E-state index in [2.05, 4.69) is 45.0 Å². The zero-order valence-electron chi connectivity index (χ0n) is 17.3. The Balaban J connectivity index is 1.46. The van der Waals surface area contributed by atoms with E-state index < -0.39 is 0 Å². The molecule has 0 fully saturated rings. The number of nitrogens with zero attached hydrogens (tertiary/aromatic N) is 3. The lowest BCUT2D eigenvalue weighted by Crippen LogP contribution is -2.12. The third-order valence-electron chi connectivity index (χ3n) is 5.33. The predicted molar refractivity (Wildman–Crippen MR) is 124 cm³/mol. The Hall–Kier alpha value is -3.58. The van der Waals surface area contributed by atoms with Crippen molar-refractivity contribution >= 4 is 45.5 Å². The summed E-state index contributed by atoms with van der Waals surface area (Å²) in [5.41, 5.74) is 7.31. The van der Waals surface area contributed by atoms with E-state index in [9.17, 15) is 4.79 Å². The summed E-state index contributed by atoms with van der Waals surface area (Å²) in [6.07, 6.45) is 0. The fraction of sp³-hybridized carbons (Fsp3) is 0.167. The van der Waals surface area contributed by atoms with Crippen molar-refractivity contribution in [1.29, 1.82) is 0 Å². The van der Waals surface area contributed by atoms with Crippen LogP contribution in [0.3, 0.4) is 0 Å². The molecule has 0 spiro atoms. The quantitative estimate of drug-likeness (QED) is 0.369. The van der Waals surface area contributed by atoms with E-state index in [0.717, 1.165) is 45.0 Å². The molecule has 5 aromatic rings. The SMILES string of the molecule is Cc1ccc(-c2nc3cc(C(C)C)ccc3o2)cc1NC(=O)c1ccc2nsnc2c1. The van der Waals surface area contributed by atoms with Crippen molar-refractivity contribution < 1.29 is 9.21 Å². The highest BCUT2D eigenvalue weighted by Gasteiger charge is 2.14. The Kier molecular flexibility index (Phi) is 4.75. The third kappa shape index (κ3) is 3.68. The molecule has 0 saturated carbocycles. The average molecular weight is 429 g/mol. The Bertz CT molecular complexity index is 1430. The number of oxazole rings is 1. The highest BCUT2D eigenvalue weighted by molar-refractivity contribution is 7.00. The molecule has 0 aliphatic rings. The first kappa shape index (κ1) is 19.4. The van der Waals surface area contributed by atoms with Gasteiger partial charge >= 0.3 is 0 Å². The van der Waals surface area contributed by atoms with Crippen molar-refractivity contribution in [3.63, 3.8) is 0 Å². The maximum absolute atomic E-state index is 12.8. The highest BCUT2D eigenvalue weighted by atomic mass is 32.1. The molecule has 0 aliphatic carbocycles. The van der Waals surface area contributed by atoms with Gasteiger partial charge in [-0.15, -0.1) is 0 Å². The summed E-state index contributed by atoms with van der Waals surface area (Å²) < 4.78 is 14.4. The molecule has 0 saturated heterocycles. The summed E-state index contributed by atoms with van der Waals surface area (Å²) in [4.78, 5) is 17.5. The lowest BCUT2D eigenvalue weighted by atomic mass is 10.0. The second kappa shape index (κ2) is 7.59. The molecular formula is C24H20N4O2S. The number of carbonyl (C=O) groups excluding carboxylic acids is 1. The first-order valence-electron chi connectivity index (χ1n) is 10.0. The van der Waals surface area contributed by atoms with Crippen molar-refractivity contribution in [3.8, 4) is 11.5 Å². The lowest BCUT2D eigenvalue weighted by molar-refractivity contribution is 0.102. The van der Waals surface area contributed by atoms with Crippen molar-refractivity contribution in [1.82, 2.24) is 13.7 Å². The average Bonchev–Trinajstić information content (AvgIpc) is 3.40. The number of aryl methyl sites for hydroxylation is 1. The van der Waals surface area contributed by atoms with E-state index in [0.29, 0.717) is 23.1 Å². The van der Waals surface area contributed by atoms with Gasteiger partial charge in [-0.25, -0.2) is 4.98 Å². The van der Waals surface area contributed by atoms with Gasteiger partial charge in [-0.3, -0.25) is 4.79 Å². The minimum absolute atomic E-state index is 0.200. The fourth-order valence-corrected chi connectivity index (χ4v) is 3.95.